The van der Waals surface area contributed by atoms with Crippen molar-refractivity contribution >= 4 is 11.8 Å². The number of rotatable bonds is 5. The van der Waals surface area contributed by atoms with Crippen LogP contribution in [0.3, 0.4) is 0 Å². The van der Waals surface area contributed by atoms with E-state index in [-0.39, 0.29) is 18.4 Å². The molecule has 25 heavy (non-hydrogen) atoms. The molecule has 1 aromatic heterocycles. The molecule has 0 aliphatic carbocycles. The Hall–Kier alpha value is -1.95. The Balaban J connectivity index is 1.49. The van der Waals surface area contributed by atoms with Crippen LogP contribution in [0.5, 0.6) is 0 Å². The molecule has 3 heterocycles. The van der Waals surface area contributed by atoms with E-state index in [0.29, 0.717) is 12.5 Å². The van der Waals surface area contributed by atoms with Gasteiger partial charge in [-0.25, -0.2) is 0 Å². The van der Waals surface area contributed by atoms with Crippen molar-refractivity contribution in [3.8, 4) is 0 Å². The summed E-state index contributed by atoms with van der Waals surface area (Å²) in [6.45, 7) is 3.40. The molecule has 2 fully saturated rings. The summed E-state index contributed by atoms with van der Waals surface area (Å²) < 4.78 is 0. The van der Waals surface area contributed by atoms with Gasteiger partial charge in [-0.2, -0.15) is 0 Å². The highest BCUT2D eigenvalue weighted by atomic mass is 16.2. The third kappa shape index (κ3) is 4.78. The summed E-state index contributed by atoms with van der Waals surface area (Å²) in [5, 5.41) is 0. The zero-order valence-electron chi connectivity index (χ0n) is 15.1. The SMILES string of the molecule is CN(Cc1ccccn1)C1CCCN(C(=O)CN2CCCC2=O)CC1. The summed E-state index contributed by atoms with van der Waals surface area (Å²) in [5.41, 5.74) is 1.08. The van der Waals surface area contributed by atoms with E-state index in [1.807, 2.05) is 23.2 Å². The van der Waals surface area contributed by atoms with Gasteiger partial charge in [-0.05, 0) is 44.9 Å². The van der Waals surface area contributed by atoms with Crippen LogP contribution >= 0.6 is 0 Å². The van der Waals surface area contributed by atoms with Crippen LogP contribution in [0, 0.1) is 0 Å². The number of aromatic nitrogens is 1. The van der Waals surface area contributed by atoms with Crippen LogP contribution in [-0.4, -0.2) is 70.8 Å². The largest absolute Gasteiger partial charge is 0.341 e. The number of carbonyl (C=O) groups is 2. The fourth-order valence-electron chi connectivity index (χ4n) is 3.78. The van der Waals surface area contributed by atoms with Gasteiger partial charge in [0.05, 0.1) is 12.2 Å². The van der Waals surface area contributed by atoms with Crippen LogP contribution in [0.25, 0.3) is 0 Å². The standard InChI is InChI=1S/C19H28N4O2/c1-21(14-16-6-2-3-10-20-16)17-7-4-11-22(13-9-17)19(25)15-23-12-5-8-18(23)24/h2-3,6,10,17H,4-5,7-9,11-15H2,1H3. The topological polar surface area (TPSA) is 56.8 Å². The minimum atomic E-state index is 0.100. The van der Waals surface area contributed by atoms with Crippen molar-refractivity contribution in [3.05, 3.63) is 30.1 Å². The molecule has 6 nitrogen and oxygen atoms in total. The number of hydrogen-bond donors (Lipinski definition) is 0. The van der Waals surface area contributed by atoms with Crippen LogP contribution in [0.4, 0.5) is 0 Å². The van der Waals surface area contributed by atoms with Gasteiger partial charge in [0.2, 0.25) is 11.8 Å². The van der Waals surface area contributed by atoms with E-state index in [9.17, 15) is 9.59 Å². The first-order valence-electron chi connectivity index (χ1n) is 9.29. The predicted molar refractivity (Wildman–Crippen MR) is 95.7 cm³/mol. The Bertz CT molecular complexity index is 592. The summed E-state index contributed by atoms with van der Waals surface area (Å²) in [7, 11) is 2.14. The third-order valence-electron chi connectivity index (χ3n) is 5.31. The number of nitrogens with zero attached hydrogens (tertiary/aromatic N) is 4. The van der Waals surface area contributed by atoms with Gasteiger partial charge in [0.15, 0.2) is 0 Å². The van der Waals surface area contributed by atoms with E-state index in [1.165, 1.54) is 0 Å². The molecular formula is C19H28N4O2. The van der Waals surface area contributed by atoms with Crippen molar-refractivity contribution in [2.75, 3.05) is 33.2 Å². The van der Waals surface area contributed by atoms with Crippen LogP contribution in [0.15, 0.2) is 24.4 Å². The lowest BCUT2D eigenvalue weighted by Crippen LogP contribution is -2.41. The first-order valence-corrected chi connectivity index (χ1v) is 9.29. The van der Waals surface area contributed by atoms with Gasteiger partial charge in [-0.15, -0.1) is 0 Å². The fraction of sp³-hybridized carbons (Fsp3) is 0.632. The highest BCUT2D eigenvalue weighted by Gasteiger charge is 2.27. The van der Waals surface area contributed by atoms with Gasteiger partial charge in [-0.1, -0.05) is 6.07 Å². The number of likely N-dealkylation sites (tertiary alicyclic amines) is 2. The highest BCUT2D eigenvalue weighted by Crippen LogP contribution is 2.18. The minimum absolute atomic E-state index is 0.100. The minimum Gasteiger partial charge on any atom is -0.341 e. The summed E-state index contributed by atoms with van der Waals surface area (Å²) in [5.74, 6) is 0.222. The lowest BCUT2D eigenvalue weighted by Gasteiger charge is -2.27. The van der Waals surface area contributed by atoms with Crippen LogP contribution < -0.4 is 0 Å². The normalized spacial score (nSPS) is 21.7. The molecule has 2 aliphatic rings. The molecule has 3 rings (SSSR count). The van der Waals surface area contributed by atoms with Crippen molar-refractivity contribution < 1.29 is 9.59 Å². The third-order valence-corrected chi connectivity index (χ3v) is 5.31. The molecule has 2 aliphatic heterocycles. The zero-order chi connectivity index (χ0) is 17.6. The van der Waals surface area contributed by atoms with E-state index in [2.05, 4.69) is 23.0 Å². The van der Waals surface area contributed by atoms with Crippen molar-refractivity contribution in [1.82, 2.24) is 19.7 Å². The molecule has 1 unspecified atom stereocenters. The van der Waals surface area contributed by atoms with Crippen LogP contribution in [0.1, 0.15) is 37.8 Å². The van der Waals surface area contributed by atoms with Gasteiger partial charge >= 0.3 is 0 Å². The molecule has 0 bridgehead atoms. The molecule has 0 saturated carbocycles. The Kier molecular flexibility index (Phi) is 6.02. The average molecular weight is 344 g/mol. The maximum Gasteiger partial charge on any atom is 0.242 e. The molecule has 2 amide bonds. The monoisotopic (exact) mass is 344 g/mol. The van der Waals surface area contributed by atoms with Crippen molar-refractivity contribution in [1.29, 1.82) is 0 Å². The smallest absolute Gasteiger partial charge is 0.242 e. The first kappa shape index (κ1) is 17.9. The number of carbonyl (C=O) groups excluding carboxylic acids is 2. The lowest BCUT2D eigenvalue weighted by molar-refractivity contribution is -0.138. The summed E-state index contributed by atoms with van der Waals surface area (Å²) in [6, 6.07) is 6.47. The molecular weight excluding hydrogens is 316 g/mol. The lowest BCUT2D eigenvalue weighted by atomic mass is 10.1. The van der Waals surface area contributed by atoms with Crippen molar-refractivity contribution in [2.45, 2.75) is 44.7 Å². The molecule has 0 spiro atoms. The molecule has 0 N–H and O–H groups in total. The molecule has 136 valence electrons. The number of pyridine rings is 1. The molecule has 0 radical (unpaired) electrons. The predicted octanol–water partition coefficient (Wildman–Crippen LogP) is 1.52. The Labute approximate surface area is 149 Å². The van der Waals surface area contributed by atoms with E-state index in [1.54, 1.807) is 4.90 Å². The maximum atomic E-state index is 12.5. The van der Waals surface area contributed by atoms with Crippen molar-refractivity contribution in [3.63, 3.8) is 0 Å². The Morgan fingerprint density at radius 3 is 2.84 bits per heavy atom. The van der Waals surface area contributed by atoms with E-state index < -0.39 is 0 Å². The average Bonchev–Trinajstić information content (AvgIpc) is 2.87. The second-order valence-electron chi connectivity index (χ2n) is 7.12. The quantitative estimate of drug-likeness (QED) is 0.813. The van der Waals surface area contributed by atoms with Gasteiger partial charge in [0.25, 0.3) is 0 Å². The van der Waals surface area contributed by atoms with Crippen LogP contribution in [0.2, 0.25) is 0 Å². The highest BCUT2D eigenvalue weighted by molar-refractivity contribution is 5.85. The summed E-state index contributed by atoms with van der Waals surface area (Å²) >= 11 is 0. The molecule has 0 aromatic carbocycles. The number of hydrogen-bond acceptors (Lipinski definition) is 4. The van der Waals surface area contributed by atoms with Crippen LogP contribution in [-0.2, 0) is 16.1 Å². The van der Waals surface area contributed by atoms with Gasteiger partial charge < -0.3 is 9.80 Å². The first-order chi connectivity index (χ1) is 12.1. The Morgan fingerprint density at radius 1 is 1.24 bits per heavy atom. The van der Waals surface area contributed by atoms with E-state index >= 15 is 0 Å². The van der Waals surface area contributed by atoms with Gasteiger partial charge in [0, 0.05) is 44.8 Å². The second-order valence-corrected chi connectivity index (χ2v) is 7.12. The number of amides is 2. The maximum absolute atomic E-state index is 12.5. The molecule has 1 aromatic rings. The van der Waals surface area contributed by atoms with Gasteiger partial charge in [-0.3, -0.25) is 19.5 Å². The van der Waals surface area contributed by atoms with Gasteiger partial charge in [0.1, 0.15) is 0 Å². The summed E-state index contributed by atoms with van der Waals surface area (Å²) in [6.07, 6.45) is 6.38. The second kappa shape index (κ2) is 8.43. The Morgan fingerprint density at radius 2 is 2.12 bits per heavy atom. The van der Waals surface area contributed by atoms with Crippen molar-refractivity contribution in [2.24, 2.45) is 0 Å². The molecule has 1 atom stereocenters. The zero-order valence-corrected chi connectivity index (χ0v) is 15.1. The van der Waals surface area contributed by atoms with E-state index in [4.69, 9.17) is 0 Å². The summed E-state index contributed by atoms with van der Waals surface area (Å²) in [4.78, 5) is 34.6. The van der Waals surface area contributed by atoms with E-state index in [0.717, 1.165) is 57.6 Å². The molecule has 2 saturated heterocycles. The fourth-order valence-corrected chi connectivity index (χ4v) is 3.78. The molecule has 6 heteroatoms.